The molecule has 4 nitrogen and oxygen atoms in total. The summed E-state index contributed by atoms with van der Waals surface area (Å²) < 4.78 is 0. The molecule has 4 heteroatoms. The minimum absolute atomic E-state index is 0.332. The number of fused-ring (bicyclic) bond motifs is 2. The van der Waals surface area contributed by atoms with Gasteiger partial charge in [0.05, 0.1) is 5.69 Å². The van der Waals surface area contributed by atoms with Crippen LogP contribution < -0.4 is 4.90 Å². The lowest BCUT2D eigenvalue weighted by molar-refractivity contribution is -0.131. The molecule has 5 rings (SSSR count). The molecule has 0 spiro atoms. The molecule has 0 saturated heterocycles. The van der Waals surface area contributed by atoms with E-state index in [9.17, 15) is 9.90 Å². The molecule has 2 N–H and O–H groups in total. The summed E-state index contributed by atoms with van der Waals surface area (Å²) in [6, 6.07) is 25.1. The Hall–Kier alpha value is -3.63. The van der Waals surface area contributed by atoms with Crippen molar-refractivity contribution in [1.29, 1.82) is 0 Å². The fourth-order valence-corrected chi connectivity index (χ4v) is 4.11. The number of carbonyl (C=O) groups is 1. The van der Waals surface area contributed by atoms with Gasteiger partial charge in [-0.05, 0) is 17.7 Å². The highest BCUT2D eigenvalue weighted by atomic mass is 16.3. The number of hydrogen-bond donors (Lipinski definition) is 2. The van der Waals surface area contributed by atoms with Crippen molar-refractivity contribution in [2.24, 2.45) is 0 Å². The van der Waals surface area contributed by atoms with Crippen LogP contribution in [0.15, 0.2) is 91.1 Å². The van der Waals surface area contributed by atoms with Gasteiger partial charge in [-0.3, -0.25) is 4.79 Å². The largest absolute Gasteiger partial charge is 0.372 e. The SMILES string of the molecule is O=C1N(C/C=C/c2ccccc2)c2ccccc2C1(O)c1c[nH]c2ccccc12. The molecule has 0 fully saturated rings. The number of para-hydroxylation sites is 2. The smallest absolute Gasteiger partial charge is 0.268 e. The van der Waals surface area contributed by atoms with Gasteiger partial charge in [0.1, 0.15) is 0 Å². The summed E-state index contributed by atoms with van der Waals surface area (Å²) >= 11 is 0. The number of aliphatic hydroxyl groups is 1. The van der Waals surface area contributed by atoms with Crippen LogP contribution in [-0.4, -0.2) is 22.5 Å². The minimum atomic E-state index is -1.71. The van der Waals surface area contributed by atoms with Crippen LogP contribution in [0.3, 0.4) is 0 Å². The Labute approximate surface area is 168 Å². The number of aromatic nitrogens is 1. The highest BCUT2D eigenvalue weighted by Gasteiger charge is 2.51. The van der Waals surface area contributed by atoms with Crippen molar-refractivity contribution in [3.05, 3.63) is 108 Å². The number of carbonyl (C=O) groups excluding carboxylic acids is 1. The number of nitrogens with zero attached hydrogens (tertiary/aromatic N) is 1. The lowest BCUT2D eigenvalue weighted by Crippen LogP contribution is -2.41. The van der Waals surface area contributed by atoms with Crippen LogP contribution in [0, 0.1) is 0 Å². The molecule has 1 aromatic heterocycles. The first-order chi connectivity index (χ1) is 14.2. The molecule has 3 aromatic carbocycles. The summed E-state index contributed by atoms with van der Waals surface area (Å²) in [4.78, 5) is 18.3. The normalized spacial score (nSPS) is 18.7. The standard InChI is InChI=1S/C25H20N2O2/c28-24-25(29,21-17-26-22-14-6-4-12-19(21)22)20-13-5-7-15-23(20)27(24)16-8-11-18-9-2-1-3-10-18/h1-15,17,26,29H,16H2/b11-8+. The monoisotopic (exact) mass is 380 g/mol. The van der Waals surface area contributed by atoms with Crippen LogP contribution in [0.5, 0.6) is 0 Å². The van der Waals surface area contributed by atoms with Gasteiger partial charge in [-0.2, -0.15) is 0 Å². The lowest BCUT2D eigenvalue weighted by Gasteiger charge is -2.22. The zero-order chi connectivity index (χ0) is 19.8. The first kappa shape index (κ1) is 17.5. The Morgan fingerprint density at radius 1 is 0.897 bits per heavy atom. The van der Waals surface area contributed by atoms with E-state index in [4.69, 9.17) is 0 Å². The maximum Gasteiger partial charge on any atom is 0.268 e. The van der Waals surface area contributed by atoms with Crippen molar-refractivity contribution < 1.29 is 9.90 Å². The summed E-state index contributed by atoms with van der Waals surface area (Å²) in [7, 11) is 0. The van der Waals surface area contributed by atoms with Crippen molar-refractivity contribution >= 4 is 28.6 Å². The fourth-order valence-electron chi connectivity index (χ4n) is 4.11. The van der Waals surface area contributed by atoms with Gasteiger partial charge in [0, 0.05) is 34.8 Å². The van der Waals surface area contributed by atoms with Crippen molar-refractivity contribution in [2.45, 2.75) is 5.60 Å². The molecule has 0 radical (unpaired) electrons. The van der Waals surface area contributed by atoms with Gasteiger partial charge >= 0.3 is 0 Å². The Kier molecular flexibility index (Phi) is 4.07. The highest BCUT2D eigenvalue weighted by Crippen LogP contribution is 2.46. The van der Waals surface area contributed by atoms with E-state index in [1.165, 1.54) is 0 Å². The van der Waals surface area contributed by atoms with Gasteiger partial charge in [0.2, 0.25) is 0 Å². The molecule has 0 aliphatic carbocycles. The molecule has 1 atom stereocenters. The van der Waals surface area contributed by atoms with Gasteiger partial charge in [-0.25, -0.2) is 0 Å². The number of anilines is 1. The van der Waals surface area contributed by atoms with E-state index in [1.54, 1.807) is 11.1 Å². The van der Waals surface area contributed by atoms with E-state index in [0.717, 1.165) is 22.2 Å². The number of rotatable bonds is 4. The molecule has 4 aromatic rings. The first-order valence-corrected chi connectivity index (χ1v) is 9.61. The van der Waals surface area contributed by atoms with Crippen molar-refractivity contribution in [2.75, 3.05) is 11.4 Å². The van der Waals surface area contributed by atoms with Crippen LogP contribution in [0.25, 0.3) is 17.0 Å². The van der Waals surface area contributed by atoms with Crippen LogP contribution in [0.2, 0.25) is 0 Å². The van der Waals surface area contributed by atoms with Gasteiger partial charge in [-0.1, -0.05) is 78.9 Å². The molecule has 0 saturated carbocycles. The first-order valence-electron chi connectivity index (χ1n) is 9.61. The Morgan fingerprint density at radius 3 is 2.48 bits per heavy atom. The highest BCUT2D eigenvalue weighted by molar-refractivity contribution is 6.11. The predicted octanol–water partition coefficient (Wildman–Crippen LogP) is 4.46. The number of nitrogens with one attached hydrogen (secondary N) is 1. The summed E-state index contributed by atoms with van der Waals surface area (Å²) in [5, 5.41) is 12.6. The second-order valence-corrected chi connectivity index (χ2v) is 7.20. The van der Waals surface area contributed by atoms with E-state index in [1.807, 2.05) is 91.0 Å². The van der Waals surface area contributed by atoms with Gasteiger partial charge in [0.15, 0.2) is 5.60 Å². The zero-order valence-corrected chi connectivity index (χ0v) is 15.7. The third-order valence-electron chi connectivity index (χ3n) is 5.52. The number of benzene rings is 3. The third-order valence-corrected chi connectivity index (χ3v) is 5.52. The average Bonchev–Trinajstić information content (AvgIpc) is 3.29. The van der Waals surface area contributed by atoms with Gasteiger partial charge in [-0.15, -0.1) is 0 Å². The molecule has 1 amide bonds. The van der Waals surface area contributed by atoms with E-state index in [0.29, 0.717) is 17.7 Å². The maximum absolute atomic E-state index is 13.5. The minimum Gasteiger partial charge on any atom is -0.372 e. The summed E-state index contributed by atoms with van der Waals surface area (Å²) in [6.07, 6.45) is 5.67. The molecule has 142 valence electrons. The number of aromatic amines is 1. The van der Waals surface area contributed by atoms with Crippen LogP contribution in [-0.2, 0) is 10.4 Å². The Balaban J connectivity index is 1.56. The number of hydrogen-bond acceptors (Lipinski definition) is 2. The number of amides is 1. The van der Waals surface area contributed by atoms with E-state index in [2.05, 4.69) is 4.98 Å². The van der Waals surface area contributed by atoms with E-state index >= 15 is 0 Å². The zero-order valence-electron chi connectivity index (χ0n) is 15.7. The van der Waals surface area contributed by atoms with Crippen molar-refractivity contribution in [1.82, 2.24) is 4.98 Å². The average molecular weight is 380 g/mol. The molecular formula is C25H20N2O2. The maximum atomic E-state index is 13.5. The Morgan fingerprint density at radius 2 is 1.62 bits per heavy atom. The quantitative estimate of drug-likeness (QED) is 0.549. The van der Waals surface area contributed by atoms with Gasteiger partial charge in [0.25, 0.3) is 5.91 Å². The summed E-state index contributed by atoms with van der Waals surface area (Å²) in [5.74, 6) is -0.332. The molecular weight excluding hydrogens is 360 g/mol. The summed E-state index contributed by atoms with van der Waals surface area (Å²) in [5.41, 5.74) is 2.19. The van der Waals surface area contributed by atoms with Crippen molar-refractivity contribution in [3.63, 3.8) is 0 Å². The lowest BCUT2D eigenvalue weighted by atomic mass is 9.87. The molecule has 1 unspecified atom stereocenters. The van der Waals surface area contributed by atoms with Crippen LogP contribution >= 0.6 is 0 Å². The van der Waals surface area contributed by atoms with Crippen LogP contribution in [0.1, 0.15) is 16.7 Å². The fraction of sp³-hybridized carbons (Fsp3) is 0.0800. The molecule has 29 heavy (non-hydrogen) atoms. The molecule has 2 heterocycles. The number of H-pyrrole nitrogens is 1. The molecule has 0 bridgehead atoms. The Bertz CT molecular complexity index is 1230. The molecule has 1 aliphatic heterocycles. The van der Waals surface area contributed by atoms with Crippen molar-refractivity contribution in [3.8, 4) is 0 Å². The van der Waals surface area contributed by atoms with Gasteiger partial charge < -0.3 is 15.0 Å². The third kappa shape index (κ3) is 2.69. The van der Waals surface area contributed by atoms with Crippen LogP contribution in [0.4, 0.5) is 5.69 Å². The second kappa shape index (κ2) is 6.76. The van der Waals surface area contributed by atoms with E-state index in [-0.39, 0.29) is 5.91 Å². The topological polar surface area (TPSA) is 56.3 Å². The molecule has 1 aliphatic rings. The predicted molar refractivity (Wildman–Crippen MR) is 116 cm³/mol. The summed E-state index contributed by atoms with van der Waals surface area (Å²) in [6.45, 7) is 0.384. The second-order valence-electron chi connectivity index (χ2n) is 7.20. The van der Waals surface area contributed by atoms with E-state index < -0.39 is 5.60 Å².